The van der Waals surface area contributed by atoms with E-state index in [1.165, 1.54) is 6.92 Å². The van der Waals surface area contributed by atoms with Gasteiger partial charge < -0.3 is 20.6 Å². The van der Waals surface area contributed by atoms with Crippen LogP contribution in [0.3, 0.4) is 0 Å². The molecule has 0 saturated carbocycles. The van der Waals surface area contributed by atoms with Crippen LogP contribution in [0.2, 0.25) is 0 Å². The number of carboxylic acids is 1. The van der Waals surface area contributed by atoms with Crippen LogP contribution >= 0.6 is 0 Å². The molecule has 6 heteroatoms. The number of urea groups is 1. The standard InChI is InChI=1S/C11H21N3O3/c1-8(10(15)16)13-11(17)12-7-9-3-5-14(2)6-4-9/h8-9H,3-7H2,1-2H3,(H,15,16)(H2,12,13,17). The van der Waals surface area contributed by atoms with Crippen molar-refractivity contribution < 1.29 is 14.7 Å². The molecule has 0 aliphatic carbocycles. The maximum Gasteiger partial charge on any atom is 0.325 e. The highest BCUT2D eigenvalue weighted by Crippen LogP contribution is 2.14. The van der Waals surface area contributed by atoms with Crippen LogP contribution in [0.15, 0.2) is 0 Å². The van der Waals surface area contributed by atoms with Gasteiger partial charge in [-0.25, -0.2) is 4.79 Å². The summed E-state index contributed by atoms with van der Waals surface area (Å²) >= 11 is 0. The Morgan fingerprint density at radius 2 is 2.00 bits per heavy atom. The molecule has 2 amide bonds. The maximum absolute atomic E-state index is 11.4. The van der Waals surface area contributed by atoms with Gasteiger partial charge >= 0.3 is 12.0 Å². The average Bonchev–Trinajstić information content (AvgIpc) is 2.28. The molecule has 98 valence electrons. The van der Waals surface area contributed by atoms with E-state index in [2.05, 4.69) is 22.6 Å². The summed E-state index contributed by atoms with van der Waals surface area (Å²) in [5.41, 5.74) is 0. The first-order valence-electron chi connectivity index (χ1n) is 5.94. The summed E-state index contributed by atoms with van der Waals surface area (Å²) in [7, 11) is 2.09. The van der Waals surface area contributed by atoms with Gasteiger partial charge in [0.2, 0.25) is 0 Å². The van der Waals surface area contributed by atoms with Crippen molar-refractivity contribution in [1.82, 2.24) is 15.5 Å². The highest BCUT2D eigenvalue weighted by Gasteiger charge is 2.18. The van der Waals surface area contributed by atoms with Crippen molar-refractivity contribution in [2.45, 2.75) is 25.8 Å². The first-order chi connectivity index (χ1) is 7.99. The molecule has 1 atom stereocenters. The number of aliphatic carboxylic acids is 1. The molecule has 1 rings (SSSR count). The molecule has 0 spiro atoms. The minimum Gasteiger partial charge on any atom is -0.480 e. The second-order valence-electron chi connectivity index (χ2n) is 4.66. The van der Waals surface area contributed by atoms with Gasteiger partial charge in [0.15, 0.2) is 0 Å². The maximum atomic E-state index is 11.4. The SMILES string of the molecule is CC(NC(=O)NCC1CCN(C)CC1)C(=O)O. The number of likely N-dealkylation sites (tertiary alicyclic amines) is 1. The van der Waals surface area contributed by atoms with Crippen LogP contribution in [-0.4, -0.2) is 54.7 Å². The van der Waals surface area contributed by atoms with Crippen LogP contribution in [0.1, 0.15) is 19.8 Å². The van der Waals surface area contributed by atoms with Gasteiger partial charge in [0.05, 0.1) is 0 Å². The average molecular weight is 243 g/mol. The molecule has 0 aromatic rings. The third kappa shape index (κ3) is 5.04. The van der Waals surface area contributed by atoms with E-state index in [-0.39, 0.29) is 0 Å². The number of carboxylic acid groups (broad SMARTS) is 1. The Labute approximate surface area is 101 Å². The second kappa shape index (κ2) is 6.44. The summed E-state index contributed by atoms with van der Waals surface area (Å²) in [5.74, 6) is -0.531. The Hall–Kier alpha value is -1.30. The Bertz CT molecular complexity index is 275. The van der Waals surface area contributed by atoms with E-state index in [1.54, 1.807) is 0 Å². The number of carbonyl (C=O) groups is 2. The van der Waals surface area contributed by atoms with E-state index in [1.807, 2.05) is 0 Å². The van der Waals surface area contributed by atoms with E-state index in [0.29, 0.717) is 12.5 Å². The van der Waals surface area contributed by atoms with Crippen molar-refractivity contribution in [3.8, 4) is 0 Å². The van der Waals surface area contributed by atoms with Crippen molar-refractivity contribution in [1.29, 1.82) is 0 Å². The Balaban J connectivity index is 2.17. The van der Waals surface area contributed by atoms with Gasteiger partial charge in [0.25, 0.3) is 0 Å². The highest BCUT2D eigenvalue weighted by molar-refractivity contribution is 5.82. The zero-order valence-corrected chi connectivity index (χ0v) is 10.4. The van der Waals surface area contributed by atoms with Gasteiger partial charge in [-0.3, -0.25) is 4.79 Å². The van der Waals surface area contributed by atoms with Crippen LogP contribution in [0.5, 0.6) is 0 Å². The molecule has 0 radical (unpaired) electrons. The Kier molecular flexibility index (Phi) is 5.21. The molecule has 0 aromatic heterocycles. The molecule has 17 heavy (non-hydrogen) atoms. The second-order valence-corrected chi connectivity index (χ2v) is 4.66. The summed E-state index contributed by atoms with van der Waals surface area (Å²) in [5, 5.41) is 13.7. The molecule has 1 heterocycles. The summed E-state index contributed by atoms with van der Waals surface area (Å²) in [4.78, 5) is 24.2. The van der Waals surface area contributed by atoms with Gasteiger partial charge in [-0.05, 0) is 45.8 Å². The predicted octanol–water partition coefficient (Wildman–Crippen LogP) is 0.101. The van der Waals surface area contributed by atoms with Crippen molar-refractivity contribution in [3.63, 3.8) is 0 Å². The fraction of sp³-hybridized carbons (Fsp3) is 0.818. The molecule has 0 aromatic carbocycles. The normalized spacial score (nSPS) is 19.6. The fourth-order valence-electron chi connectivity index (χ4n) is 1.81. The largest absolute Gasteiger partial charge is 0.480 e. The minimum absolute atomic E-state index is 0.404. The van der Waals surface area contributed by atoms with Crippen LogP contribution < -0.4 is 10.6 Å². The number of hydrogen-bond donors (Lipinski definition) is 3. The van der Waals surface area contributed by atoms with E-state index in [4.69, 9.17) is 5.11 Å². The van der Waals surface area contributed by atoms with Gasteiger partial charge in [-0.2, -0.15) is 0 Å². The van der Waals surface area contributed by atoms with Crippen LogP contribution in [0.4, 0.5) is 4.79 Å². The van der Waals surface area contributed by atoms with E-state index in [9.17, 15) is 9.59 Å². The lowest BCUT2D eigenvalue weighted by atomic mass is 9.97. The number of piperidine rings is 1. The molecular weight excluding hydrogens is 222 g/mol. The van der Waals surface area contributed by atoms with Crippen LogP contribution in [-0.2, 0) is 4.79 Å². The number of hydrogen-bond acceptors (Lipinski definition) is 3. The van der Waals surface area contributed by atoms with Crippen molar-refractivity contribution in [2.24, 2.45) is 5.92 Å². The summed E-state index contributed by atoms with van der Waals surface area (Å²) in [6, 6.07) is -1.26. The Morgan fingerprint density at radius 3 is 2.53 bits per heavy atom. The molecule has 1 unspecified atom stereocenters. The summed E-state index contributed by atoms with van der Waals surface area (Å²) < 4.78 is 0. The third-order valence-electron chi connectivity index (χ3n) is 3.11. The molecular formula is C11H21N3O3. The number of amides is 2. The van der Waals surface area contributed by atoms with E-state index in [0.717, 1.165) is 25.9 Å². The van der Waals surface area contributed by atoms with Gasteiger partial charge in [-0.15, -0.1) is 0 Å². The predicted molar refractivity (Wildman–Crippen MR) is 63.9 cm³/mol. The van der Waals surface area contributed by atoms with E-state index < -0.39 is 18.0 Å². The molecule has 1 saturated heterocycles. The van der Waals surface area contributed by atoms with Gasteiger partial charge in [0.1, 0.15) is 6.04 Å². The fourth-order valence-corrected chi connectivity index (χ4v) is 1.81. The van der Waals surface area contributed by atoms with Crippen molar-refractivity contribution >= 4 is 12.0 Å². The summed E-state index contributed by atoms with van der Waals surface area (Å²) in [6.45, 7) is 4.17. The van der Waals surface area contributed by atoms with Crippen molar-refractivity contribution in [2.75, 3.05) is 26.7 Å². The van der Waals surface area contributed by atoms with Crippen molar-refractivity contribution in [3.05, 3.63) is 0 Å². The first kappa shape index (κ1) is 13.8. The lowest BCUT2D eigenvalue weighted by Crippen LogP contribution is -2.46. The van der Waals surface area contributed by atoms with Crippen LogP contribution in [0, 0.1) is 5.92 Å². The third-order valence-corrected chi connectivity index (χ3v) is 3.11. The minimum atomic E-state index is -1.03. The molecule has 1 aliphatic rings. The molecule has 1 fully saturated rings. The van der Waals surface area contributed by atoms with Gasteiger partial charge in [-0.1, -0.05) is 0 Å². The monoisotopic (exact) mass is 243 g/mol. The summed E-state index contributed by atoms with van der Waals surface area (Å²) in [6.07, 6.45) is 2.15. The highest BCUT2D eigenvalue weighted by atomic mass is 16.4. The molecule has 3 N–H and O–H groups in total. The van der Waals surface area contributed by atoms with Gasteiger partial charge in [0, 0.05) is 6.54 Å². The van der Waals surface area contributed by atoms with E-state index >= 15 is 0 Å². The lowest BCUT2D eigenvalue weighted by molar-refractivity contribution is -0.138. The Morgan fingerprint density at radius 1 is 1.41 bits per heavy atom. The number of carbonyl (C=O) groups excluding carboxylic acids is 1. The van der Waals surface area contributed by atoms with Crippen LogP contribution in [0.25, 0.3) is 0 Å². The zero-order chi connectivity index (χ0) is 12.8. The molecule has 0 bridgehead atoms. The molecule has 6 nitrogen and oxygen atoms in total. The smallest absolute Gasteiger partial charge is 0.325 e. The molecule has 1 aliphatic heterocycles. The first-order valence-corrected chi connectivity index (χ1v) is 5.94. The number of nitrogens with one attached hydrogen (secondary N) is 2. The quantitative estimate of drug-likeness (QED) is 0.654. The lowest BCUT2D eigenvalue weighted by Gasteiger charge is -2.29. The number of nitrogens with zero attached hydrogens (tertiary/aromatic N) is 1. The number of rotatable bonds is 4. The zero-order valence-electron chi connectivity index (χ0n) is 10.4. The topological polar surface area (TPSA) is 81.7 Å².